The molecule has 1 aromatic heterocycles. The molecule has 0 saturated heterocycles. The Kier molecular flexibility index (Phi) is 9.56. The van der Waals surface area contributed by atoms with Crippen LogP contribution in [0.1, 0.15) is 51.4 Å². The molecular weight excluding hydrogens is 426 g/mol. The number of aryl methyl sites for hydroxylation is 2. The molecule has 1 heterocycles. The Balaban J connectivity index is 1.54. The highest BCUT2D eigenvalue weighted by atomic mass is 16.5. The zero-order chi connectivity index (χ0) is 24.3. The molecule has 0 saturated carbocycles. The van der Waals surface area contributed by atoms with Crippen LogP contribution in [-0.2, 0) is 17.8 Å². The van der Waals surface area contributed by atoms with E-state index >= 15 is 0 Å². The van der Waals surface area contributed by atoms with Crippen LogP contribution in [0.3, 0.4) is 0 Å². The number of allylic oxidation sites excluding steroid dienone is 1. The van der Waals surface area contributed by atoms with Crippen LogP contribution < -0.4 is 14.8 Å². The molecule has 0 fully saturated rings. The molecule has 1 amide bonds. The molecule has 0 aliphatic heterocycles. The number of nitrogens with one attached hydrogen (secondary N) is 1. The lowest BCUT2D eigenvalue weighted by Crippen LogP contribution is -2.28. The van der Waals surface area contributed by atoms with Crippen LogP contribution in [-0.4, -0.2) is 35.7 Å². The highest BCUT2D eigenvalue weighted by Gasteiger charge is 2.11. The Morgan fingerprint density at radius 1 is 1.12 bits per heavy atom. The molecule has 182 valence electrons. The van der Waals surface area contributed by atoms with Crippen molar-refractivity contribution in [3.8, 4) is 11.5 Å². The van der Waals surface area contributed by atoms with Crippen LogP contribution in [0.15, 0.2) is 48.5 Å². The number of para-hydroxylation sites is 2. The maximum absolute atomic E-state index is 11.8. The van der Waals surface area contributed by atoms with E-state index in [9.17, 15) is 4.79 Å². The van der Waals surface area contributed by atoms with Crippen LogP contribution in [0, 0.1) is 5.92 Å². The van der Waals surface area contributed by atoms with E-state index in [0.717, 1.165) is 66.1 Å². The Morgan fingerprint density at radius 3 is 2.71 bits per heavy atom. The van der Waals surface area contributed by atoms with Crippen molar-refractivity contribution >= 4 is 23.0 Å². The number of nitrogens with zero attached hydrogens (tertiary/aromatic N) is 2. The number of amides is 1. The van der Waals surface area contributed by atoms with Gasteiger partial charge in [-0.15, -0.1) is 0 Å². The van der Waals surface area contributed by atoms with Crippen molar-refractivity contribution in [3.05, 3.63) is 59.9 Å². The lowest BCUT2D eigenvalue weighted by atomic mass is 10.2. The highest BCUT2D eigenvalue weighted by molar-refractivity contribution is 5.77. The normalized spacial score (nSPS) is 11.4. The quantitative estimate of drug-likeness (QED) is 0.333. The van der Waals surface area contributed by atoms with Gasteiger partial charge in [0.05, 0.1) is 24.8 Å². The van der Waals surface area contributed by atoms with Gasteiger partial charge in [0.1, 0.15) is 5.82 Å². The zero-order valence-corrected chi connectivity index (χ0v) is 20.8. The van der Waals surface area contributed by atoms with E-state index < -0.39 is 0 Å². The first-order valence-electron chi connectivity index (χ1n) is 12.2. The minimum Gasteiger partial charge on any atom is -0.493 e. The van der Waals surface area contributed by atoms with Crippen molar-refractivity contribution < 1.29 is 14.3 Å². The van der Waals surface area contributed by atoms with E-state index in [-0.39, 0.29) is 11.8 Å². The fourth-order valence-electron chi connectivity index (χ4n) is 3.88. The summed E-state index contributed by atoms with van der Waals surface area (Å²) < 4.78 is 13.8. The second-order valence-corrected chi connectivity index (χ2v) is 8.68. The second kappa shape index (κ2) is 12.8. The minimum absolute atomic E-state index is 0.0119. The number of imidazole rings is 1. The Hall–Kier alpha value is -3.28. The van der Waals surface area contributed by atoms with Crippen molar-refractivity contribution in [1.82, 2.24) is 14.9 Å². The number of benzene rings is 2. The number of unbranched alkanes of at least 4 members (excludes halogenated alkanes) is 1. The van der Waals surface area contributed by atoms with Gasteiger partial charge < -0.3 is 19.4 Å². The fraction of sp³-hybridized carbons (Fsp3) is 0.429. The lowest BCUT2D eigenvalue weighted by Gasteiger charge is -2.13. The molecule has 0 atom stereocenters. The monoisotopic (exact) mass is 463 g/mol. The van der Waals surface area contributed by atoms with Gasteiger partial charge in [0.15, 0.2) is 11.5 Å². The zero-order valence-electron chi connectivity index (χ0n) is 20.8. The number of hydrogen-bond acceptors (Lipinski definition) is 4. The number of methoxy groups -OCH3 is 1. The lowest BCUT2D eigenvalue weighted by molar-refractivity contribution is -0.123. The Labute approximate surface area is 203 Å². The first-order chi connectivity index (χ1) is 16.5. The van der Waals surface area contributed by atoms with Crippen molar-refractivity contribution in [2.45, 2.75) is 53.0 Å². The molecule has 0 aliphatic rings. The van der Waals surface area contributed by atoms with E-state index in [4.69, 9.17) is 14.5 Å². The minimum atomic E-state index is 0.0119. The molecule has 2 aromatic carbocycles. The summed E-state index contributed by atoms with van der Waals surface area (Å²) in [5.41, 5.74) is 3.27. The smallest absolute Gasteiger partial charge is 0.222 e. The van der Waals surface area contributed by atoms with Gasteiger partial charge in [-0.1, -0.05) is 44.2 Å². The number of hydrogen-bond donors (Lipinski definition) is 1. The van der Waals surface area contributed by atoms with Crippen LogP contribution in [0.25, 0.3) is 17.1 Å². The van der Waals surface area contributed by atoms with E-state index in [1.807, 2.05) is 57.2 Å². The summed E-state index contributed by atoms with van der Waals surface area (Å²) >= 11 is 0. The van der Waals surface area contributed by atoms with Gasteiger partial charge in [-0.3, -0.25) is 4.79 Å². The first-order valence-corrected chi connectivity index (χ1v) is 12.2. The molecule has 6 heteroatoms. The van der Waals surface area contributed by atoms with Crippen molar-refractivity contribution in [3.63, 3.8) is 0 Å². The fourth-order valence-corrected chi connectivity index (χ4v) is 3.88. The molecule has 0 aliphatic carbocycles. The summed E-state index contributed by atoms with van der Waals surface area (Å²) in [6, 6.07) is 14.2. The maximum Gasteiger partial charge on any atom is 0.222 e. The van der Waals surface area contributed by atoms with Gasteiger partial charge in [0.25, 0.3) is 0 Å². The second-order valence-electron chi connectivity index (χ2n) is 8.68. The molecule has 34 heavy (non-hydrogen) atoms. The summed E-state index contributed by atoms with van der Waals surface area (Å²) in [6.07, 6.45) is 7.66. The summed E-state index contributed by atoms with van der Waals surface area (Å²) in [4.78, 5) is 16.7. The topological polar surface area (TPSA) is 65.4 Å². The average Bonchev–Trinajstić information content (AvgIpc) is 3.19. The van der Waals surface area contributed by atoms with Crippen molar-refractivity contribution in [2.24, 2.45) is 5.92 Å². The van der Waals surface area contributed by atoms with Crippen LogP contribution in [0.4, 0.5) is 0 Å². The Morgan fingerprint density at radius 2 is 1.94 bits per heavy atom. The highest BCUT2D eigenvalue weighted by Crippen LogP contribution is 2.29. The van der Waals surface area contributed by atoms with Crippen LogP contribution >= 0.6 is 0 Å². The third-order valence-electron chi connectivity index (χ3n) is 5.71. The van der Waals surface area contributed by atoms with E-state index in [1.54, 1.807) is 7.11 Å². The number of carbonyl (C=O) groups is 1. The summed E-state index contributed by atoms with van der Waals surface area (Å²) in [7, 11) is 1.67. The molecule has 0 radical (unpaired) electrons. The number of carbonyl (C=O) groups excluding carboxylic acids is 1. The first kappa shape index (κ1) is 25.3. The van der Waals surface area contributed by atoms with E-state index in [1.165, 1.54) is 0 Å². The average molecular weight is 464 g/mol. The Bertz CT molecular complexity index is 1100. The van der Waals surface area contributed by atoms with Gasteiger partial charge in [-0.05, 0) is 56.0 Å². The summed E-state index contributed by atoms with van der Waals surface area (Å²) in [6.45, 7) is 8.00. The molecule has 6 nitrogen and oxygen atoms in total. The number of fused-ring (bicyclic) bond motifs is 1. The SMILES string of the molecule is C/C=C/c1ccc(OCCCCn2c(CCCNC(=O)C(C)C)nc3ccccc32)c(OC)c1. The molecule has 0 unspecified atom stereocenters. The number of ether oxygens (including phenoxy) is 2. The molecule has 3 aromatic rings. The van der Waals surface area contributed by atoms with Gasteiger partial charge in [-0.25, -0.2) is 4.98 Å². The summed E-state index contributed by atoms with van der Waals surface area (Å²) in [5.74, 6) is 2.71. The third-order valence-corrected chi connectivity index (χ3v) is 5.71. The molecule has 1 N–H and O–H groups in total. The number of aromatic nitrogens is 2. The summed E-state index contributed by atoms with van der Waals surface area (Å²) in [5, 5.41) is 2.99. The molecule has 3 rings (SSSR count). The van der Waals surface area contributed by atoms with Gasteiger partial charge >= 0.3 is 0 Å². The maximum atomic E-state index is 11.8. The van der Waals surface area contributed by atoms with Crippen molar-refractivity contribution in [1.29, 1.82) is 0 Å². The largest absolute Gasteiger partial charge is 0.493 e. The van der Waals surface area contributed by atoms with E-state index in [0.29, 0.717) is 13.2 Å². The van der Waals surface area contributed by atoms with E-state index in [2.05, 4.69) is 28.1 Å². The molecule has 0 spiro atoms. The predicted molar refractivity (Wildman–Crippen MR) is 138 cm³/mol. The molecular formula is C28H37N3O3. The van der Waals surface area contributed by atoms with Gasteiger partial charge in [0, 0.05) is 25.4 Å². The van der Waals surface area contributed by atoms with Gasteiger partial charge in [0.2, 0.25) is 5.91 Å². The predicted octanol–water partition coefficient (Wildman–Crippen LogP) is 5.64. The standard InChI is InChI=1S/C28H37N3O3/c1-5-11-22-15-16-25(26(20-22)33-4)34-19-9-8-18-31-24-13-7-6-12-23(24)30-27(31)14-10-17-29-28(32)21(2)3/h5-7,11-13,15-16,20-21H,8-10,14,17-19H2,1-4H3,(H,29,32)/b11-5+. The van der Waals surface area contributed by atoms with Crippen LogP contribution in [0.2, 0.25) is 0 Å². The van der Waals surface area contributed by atoms with Crippen LogP contribution in [0.5, 0.6) is 11.5 Å². The third kappa shape index (κ3) is 6.86. The molecule has 0 bridgehead atoms. The van der Waals surface area contributed by atoms with Gasteiger partial charge in [-0.2, -0.15) is 0 Å². The van der Waals surface area contributed by atoms with Crippen molar-refractivity contribution in [2.75, 3.05) is 20.3 Å². The number of rotatable bonds is 13.